The van der Waals surface area contributed by atoms with E-state index in [1.807, 2.05) is 0 Å². The first-order valence-corrected chi connectivity index (χ1v) is 7.78. The minimum atomic E-state index is -1.37. The van der Waals surface area contributed by atoms with Crippen molar-refractivity contribution in [3.63, 3.8) is 0 Å². The molecule has 0 saturated heterocycles. The summed E-state index contributed by atoms with van der Waals surface area (Å²) in [5.41, 5.74) is 0.252. The number of hydrogen-bond acceptors (Lipinski definition) is 6. The highest BCUT2D eigenvalue weighted by atomic mass is 19.1. The van der Waals surface area contributed by atoms with Gasteiger partial charge in [0.25, 0.3) is 5.91 Å². The molecule has 2 atom stereocenters. The maximum Gasteiger partial charge on any atom is 0.296 e. The van der Waals surface area contributed by atoms with Gasteiger partial charge in [0.05, 0.1) is 12.5 Å². The highest BCUT2D eigenvalue weighted by Gasteiger charge is 2.49. The number of amides is 2. The zero-order chi connectivity index (χ0) is 19.3. The number of nitrogens with one attached hydrogen (secondary N) is 2. The van der Waals surface area contributed by atoms with Crippen molar-refractivity contribution < 1.29 is 29.0 Å². The summed E-state index contributed by atoms with van der Waals surface area (Å²) in [5, 5.41) is 21.9. The Morgan fingerprint density at radius 1 is 1.35 bits per heavy atom. The summed E-state index contributed by atoms with van der Waals surface area (Å²) in [4.78, 5) is 28.3. The van der Waals surface area contributed by atoms with E-state index in [1.54, 1.807) is 0 Å². The smallest absolute Gasteiger partial charge is 0.296 e. The van der Waals surface area contributed by atoms with Gasteiger partial charge in [0.1, 0.15) is 17.0 Å². The molecule has 0 saturated carbocycles. The van der Waals surface area contributed by atoms with E-state index < -0.39 is 40.4 Å². The number of hydroxylamine groups is 1. The molecular formula is C17H20FN3O5. The predicted octanol–water partition coefficient (Wildman–Crippen LogP) is 0.723. The molecule has 2 amide bonds. The number of aliphatic hydroxyl groups is 1. The lowest BCUT2D eigenvalue weighted by Gasteiger charge is -2.38. The van der Waals surface area contributed by atoms with Crippen molar-refractivity contribution in [1.82, 2.24) is 10.8 Å². The zero-order valence-corrected chi connectivity index (χ0v) is 14.3. The molecule has 1 aromatic rings. The van der Waals surface area contributed by atoms with Gasteiger partial charge in [-0.1, -0.05) is 12.1 Å². The van der Waals surface area contributed by atoms with E-state index in [0.717, 1.165) is 0 Å². The third-order valence-corrected chi connectivity index (χ3v) is 4.33. The lowest BCUT2D eigenvalue weighted by atomic mass is 9.69. The molecule has 0 bridgehead atoms. The summed E-state index contributed by atoms with van der Waals surface area (Å²) >= 11 is 0. The molecule has 1 heterocycles. The van der Waals surface area contributed by atoms with Gasteiger partial charge in [-0.3, -0.25) is 19.8 Å². The van der Waals surface area contributed by atoms with Gasteiger partial charge in [-0.2, -0.15) is 0 Å². The Morgan fingerprint density at radius 2 is 2.00 bits per heavy atom. The van der Waals surface area contributed by atoms with Crippen molar-refractivity contribution in [1.29, 1.82) is 0 Å². The van der Waals surface area contributed by atoms with Crippen molar-refractivity contribution in [3.05, 3.63) is 47.1 Å². The minimum Gasteiger partial charge on any atom is -0.509 e. The fraction of sp³-hybridized carbons (Fsp3) is 0.353. The second kappa shape index (κ2) is 8.07. The van der Waals surface area contributed by atoms with Gasteiger partial charge in [0, 0.05) is 20.4 Å². The first kappa shape index (κ1) is 19.5. The van der Waals surface area contributed by atoms with Crippen LogP contribution in [0.4, 0.5) is 4.39 Å². The fourth-order valence-corrected chi connectivity index (χ4v) is 3.01. The largest absolute Gasteiger partial charge is 0.509 e. The molecule has 26 heavy (non-hydrogen) atoms. The predicted molar refractivity (Wildman–Crippen MR) is 90.0 cm³/mol. The number of aliphatic imine (C=N–C) groups is 1. The number of carbonyl (C=O) groups excluding carboxylic acids is 2. The molecule has 8 nitrogen and oxygen atoms in total. The lowest BCUT2D eigenvalue weighted by Crippen LogP contribution is -2.51. The van der Waals surface area contributed by atoms with Crippen molar-refractivity contribution in [2.24, 2.45) is 16.3 Å². The number of methoxy groups -OCH3 is 1. The van der Waals surface area contributed by atoms with Crippen LogP contribution in [0.25, 0.3) is 0 Å². The normalized spacial score (nSPS) is 22.2. The maximum atomic E-state index is 13.2. The number of halogens is 1. The van der Waals surface area contributed by atoms with E-state index >= 15 is 0 Å². The van der Waals surface area contributed by atoms with E-state index in [2.05, 4.69) is 10.3 Å². The lowest BCUT2D eigenvalue weighted by molar-refractivity contribution is -0.131. The van der Waals surface area contributed by atoms with E-state index in [-0.39, 0.29) is 13.0 Å². The SMILES string of the molecule is CNC(=O)C1(Cc2ccc(F)cc2)C=NC(C(=O)NO)=C(O)C1COC. The van der Waals surface area contributed by atoms with Crippen molar-refractivity contribution in [2.45, 2.75) is 6.42 Å². The van der Waals surface area contributed by atoms with E-state index in [0.29, 0.717) is 5.56 Å². The van der Waals surface area contributed by atoms with Crippen LogP contribution in [0.5, 0.6) is 0 Å². The summed E-state index contributed by atoms with van der Waals surface area (Å²) in [7, 11) is 2.82. The van der Waals surface area contributed by atoms with Gasteiger partial charge in [0.2, 0.25) is 5.91 Å². The van der Waals surface area contributed by atoms with E-state index in [9.17, 15) is 19.1 Å². The van der Waals surface area contributed by atoms with Gasteiger partial charge in [-0.15, -0.1) is 0 Å². The highest BCUT2D eigenvalue weighted by molar-refractivity contribution is 6.03. The van der Waals surface area contributed by atoms with Crippen LogP contribution >= 0.6 is 0 Å². The minimum absolute atomic E-state index is 0.0859. The molecule has 2 unspecified atom stereocenters. The Hall–Kier alpha value is -2.78. The molecule has 0 aromatic heterocycles. The van der Waals surface area contributed by atoms with Crippen molar-refractivity contribution in [2.75, 3.05) is 20.8 Å². The zero-order valence-electron chi connectivity index (χ0n) is 14.3. The van der Waals surface area contributed by atoms with Crippen LogP contribution in [0.2, 0.25) is 0 Å². The Bertz CT molecular complexity index is 747. The summed E-state index contributed by atoms with van der Waals surface area (Å²) < 4.78 is 18.3. The van der Waals surface area contributed by atoms with Crippen LogP contribution in [-0.4, -0.2) is 49.1 Å². The number of aliphatic hydroxyl groups excluding tert-OH is 1. The van der Waals surface area contributed by atoms with Gasteiger partial charge in [0.15, 0.2) is 5.70 Å². The van der Waals surface area contributed by atoms with Crippen LogP contribution in [0.15, 0.2) is 40.7 Å². The molecule has 1 aromatic carbocycles. The third-order valence-electron chi connectivity index (χ3n) is 4.33. The van der Waals surface area contributed by atoms with Crippen LogP contribution in [0.1, 0.15) is 5.56 Å². The van der Waals surface area contributed by atoms with Crippen molar-refractivity contribution >= 4 is 18.0 Å². The first-order valence-electron chi connectivity index (χ1n) is 7.78. The van der Waals surface area contributed by atoms with Crippen LogP contribution in [0.3, 0.4) is 0 Å². The van der Waals surface area contributed by atoms with Gasteiger partial charge >= 0.3 is 0 Å². The van der Waals surface area contributed by atoms with Crippen LogP contribution < -0.4 is 10.8 Å². The molecule has 1 aliphatic heterocycles. The Morgan fingerprint density at radius 3 is 2.54 bits per heavy atom. The second-order valence-electron chi connectivity index (χ2n) is 5.86. The fourth-order valence-electron chi connectivity index (χ4n) is 3.01. The molecule has 140 valence electrons. The van der Waals surface area contributed by atoms with Crippen molar-refractivity contribution in [3.8, 4) is 0 Å². The van der Waals surface area contributed by atoms with E-state index in [1.165, 1.54) is 50.1 Å². The summed E-state index contributed by atoms with van der Waals surface area (Å²) in [6.45, 7) is -0.0886. The van der Waals surface area contributed by atoms with Gasteiger partial charge in [-0.25, -0.2) is 9.87 Å². The molecule has 2 rings (SSSR count). The Balaban J connectivity index is 2.54. The van der Waals surface area contributed by atoms with Crippen LogP contribution in [-0.2, 0) is 20.7 Å². The summed E-state index contributed by atoms with van der Waals surface area (Å²) in [6.07, 6.45) is 1.34. The number of nitrogens with zero attached hydrogens (tertiary/aromatic N) is 1. The summed E-state index contributed by atoms with van der Waals surface area (Å²) in [6, 6.07) is 5.57. The van der Waals surface area contributed by atoms with E-state index in [4.69, 9.17) is 9.94 Å². The quantitative estimate of drug-likeness (QED) is 0.437. The van der Waals surface area contributed by atoms with Gasteiger partial charge in [-0.05, 0) is 24.1 Å². The number of benzene rings is 1. The number of carbonyl (C=O) groups is 2. The standard InChI is InChI=1S/C17H20FN3O5/c1-19-16(24)17(7-10-3-5-11(18)6-4-10)9-20-13(15(23)21-25)14(22)12(17)8-26-2/h3-6,9,12,22,25H,7-8H2,1-2H3,(H,19,24)(H,21,23). The number of ether oxygens (including phenoxy) is 1. The molecule has 0 spiro atoms. The Kier molecular flexibility index (Phi) is 6.06. The first-order chi connectivity index (χ1) is 12.4. The Labute approximate surface area is 149 Å². The molecule has 9 heteroatoms. The molecular weight excluding hydrogens is 345 g/mol. The maximum absolute atomic E-state index is 13.2. The highest BCUT2D eigenvalue weighted by Crippen LogP contribution is 2.39. The topological polar surface area (TPSA) is 120 Å². The molecule has 1 aliphatic rings. The molecule has 0 radical (unpaired) electrons. The number of hydrogen-bond donors (Lipinski definition) is 4. The third kappa shape index (κ3) is 3.58. The summed E-state index contributed by atoms with van der Waals surface area (Å²) in [5.74, 6) is -3.30. The average Bonchev–Trinajstić information content (AvgIpc) is 2.65. The average molecular weight is 365 g/mol. The molecule has 0 fully saturated rings. The van der Waals surface area contributed by atoms with Crippen LogP contribution in [0, 0.1) is 17.2 Å². The van der Waals surface area contributed by atoms with Gasteiger partial charge < -0.3 is 15.2 Å². The molecule has 0 aliphatic carbocycles. The number of rotatable bonds is 6. The second-order valence-corrected chi connectivity index (χ2v) is 5.86. The molecule has 4 N–H and O–H groups in total. The monoisotopic (exact) mass is 365 g/mol.